The smallest absolute Gasteiger partial charge is 0.347 e. The maximum absolute atomic E-state index is 12.6. The molecule has 0 radical (unpaired) electrons. The van der Waals surface area contributed by atoms with Gasteiger partial charge in [0.05, 0.1) is 5.56 Å². The number of rotatable bonds is 2. The van der Waals surface area contributed by atoms with Crippen molar-refractivity contribution in [3.05, 3.63) is 35.4 Å². The number of carbonyl (C=O) groups is 3. The van der Waals surface area contributed by atoms with E-state index in [9.17, 15) is 27.6 Å². The summed E-state index contributed by atoms with van der Waals surface area (Å²) in [4.78, 5) is 40.7. The van der Waals surface area contributed by atoms with Gasteiger partial charge in [-0.1, -0.05) is 0 Å². The molecule has 3 amide bonds. The van der Waals surface area contributed by atoms with Gasteiger partial charge in [0.15, 0.2) is 0 Å². The van der Waals surface area contributed by atoms with Crippen LogP contribution in [0.15, 0.2) is 24.3 Å². The van der Waals surface area contributed by atoms with E-state index in [0.717, 1.165) is 30.7 Å². The van der Waals surface area contributed by atoms with E-state index in [1.54, 1.807) is 4.90 Å². The Morgan fingerprint density at radius 1 is 1.04 bits per heavy atom. The van der Waals surface area contributed by atoms with Gasteiger partial charge in [0.1, 0.15) is 12.1 Å². The van der Waals surface area contributed by atoms with E-state index in [2.05, 4.69) is 5.32 Å². The highest BCUT2D eigenvalue weighted by molar-refractivity contribution is 5.98. The average molecular weight is 381 g/mol. The van der Waals surface area contributed by atoms with Gasteiger partial charge in [-0.25, -0.2) is 0 Å². The van der Waals surface area contributed by atoms with Gasteiger partial charge in [-0.2, -0.15) is 13.2 Å². The van der Waals surface area contributed by atoms with Crippen LogP contribution in [0.4, 0.5) is 13.2 Å². The maximum Gasteiger partial charge on any atom is 0.416 e. The molecule has 1 N–H and O–H groups in total. The van der Waals surface area contributed by atoms with Gasteiger partial charge in [0.2, 0.25) is 11.8 Å². The highest BCUT2D eigenvalue weighted by Gasteiger charge is 2.51. The van der Waals surface area contributed by atoms with Crippen LogP contribution in [0.5, 0.6) is 0 Å². The Balaban J connectivity index is 1.43. The van der Waals surface area contributed by atoms with Gasteiger partial charge in [-0.3, -0.25) is 14.4 Å². The normalized spacial score (nSPS) is 27.6. The van der Waals surface area contributed by atoms with Crippen LogP contribution in [0.2, 0.25) is 0 Å². The monoisotopic (exact) mass is 381 g/mol. The first-order valence-corrected chi connectivity index (χ1v) is 8.85. The molecule has 27 heavy (non-hydrogen) atoms. The zero-order chi connectivity index (χ0) is 19.3. The Bertz CT molecular complexity index is 763. The van der Waals surface area contributed by atoms with Crippen molar-refractivity contribution in [2.45, 2.75) is 43.6 Å². The van der Waals surface area contributed by atoms with Crippen LogP contribution < -0.4 is 5.32 Å². The lowest BCUT2D eigenvalue weighted by molar-refractivity contribution is -0.156. The van der Waals surface area contributed by atoms with Crippen LogP contribution in [0.1, 0.15) is 35.2 Å². The Hall–Kier alpha value is -2.58. The number of amides is 3. The van der Waals surface area contributed by atoms with Crippen LogP contribution >= 0.6 is 0 Å². The zero-order valence-electron chi connectivity index (χ0n) is 14.3. The molecule has 0 aromatic heterocycles. The molecule has 3 aliphatic heterocycles. The molecule has 0 aliphatic carbocycles. The molecule has 3 saturated heterocycles. The summed E-state index contributed by atoms with van der Waals surface area (Å²) in [6, 6.07) is 2.59. The molecule has 3 heterocycles. The summed E-state index contributed by atoms with van der Waals surface area (Å²) in [5.41, 5.74) is -0.722. The van der Waals surface area contributed by atoms with Crippen molar-refractivity contribution in [1.29, 1.82) is 0 Å². The molecular weight excluding hydrogens is 363 g/mol. The van der Waals surface area contributed by atoms with E-state index in [0.29, 0.717) is 19.4 Å². The van der Waals surface area contributed by atoms with Gasteiger partial charge in [0.25, 0.3) is 5.91 Å². The number of hydrogen-bond donors (Lipinski definition) is 1. The second-order valence-corrected chi connectivity index (χ2v) is 7.18. The quantitative estimate of drug-likeness (QED) is 0.842. The first-order valence-electron chi connectivity index (χ1n) is 8.85. The van der Waals surface area contributed by atoms with Gasteiger partial charge in [0, 0.05) is 24.7 Å². The lowest BCUT2D eigenvalue weighted by atomic mass is 10.1. The second kappa shape index (κ2) is 6.24. The molecule has 0 bridgehead atoms. The van der Waals surface area contributed by atoms with Crippen molar-refractivity contribution in [2.24, 2.45) is 0 Å². The fourth-order valence-corrected chi connectivity index (χ4v) is 4.17. The molecular formula is C18H18F3N3O3. The number of halogens is 3. The van der Waals surface area contributed by atoms with E-state index in [1.807, 2.05) is 0 Å². The number of nitrogens with one attached hydrogen (secondary N) is 1. The molecule has 3 atom stereocenters. The van der Waals surface area contributed by atoms with Crippen molar-refractivity contribution >= 4 is 17.7 Å². The number of benzene rings is 1. The molecule has 0 unspecified atom stereocenters. The second-order valence-electron chi connectivity index (χ2n) is 7.18. The van der Waals surface area contributed by atoms with Crippen LogP contribution in [-0.2, 0) is 15.8 Å². The highest BCUT2D eigenvalue weighted by Crippen LogP contribution is 2.32. The Morgan fingerprint density at radius 2 is 1.70 bits per heavy atom. The largest absolute Gasteiger partial charge is 0.416 e. The number of fused-ring (bicyclic) bond motifs is 2. The van der Waals surface area contributed by atoms with Crippen molar-refractivity contribution in [1.82, 2.24) is 15.1 Å². The Kier molecular flexibility index (Phi) is 4.12. The fraction of sp³-hybridized carbons (Fsp3) is 0.500. The van der Waals surface area contributed by atoms with E-state index >= 15 is 0 Å². The third-order valence-corrected chi connectivity index (χ3v) is 5.50. The standard InChI is InChI=1S/C18H18F3N3O3/c19-18(20,21)11-5-3-10(4-6-11)15(25)22-12-8-14-17(27)23-7-1-2-13(23)16(26)24(14)9-12/h3-6,12-14H,1-2,7-9H2,(H,22,25)/t12-,13+,14-/m0/s1. The third-order valence-electron chi connectivity index (χ3n) is 5.50. The predicted molar refractivity (Wildman–Crippen MR) is 87.6 cm³/mol. The highest BCUT2D eigenvalue weighted by atomic mass is 19.4. The summed E-state index contributed by atoms with van der Waals surface area (Å²) in [6.07, 6.45) is -2.66. The summed E-state index contributed by atoms with van der Waals surface area (Å²) in [7, 11) is 0. The molecule has 3 fully saturated rings. The molecule has 144 valence electrons. The van der Waals surface area contributed by atoms with Crippen molar-refractivity contribution in [3.63, 3.8) is 0 Å². The maximum atomic E-state index is 12.6. The average Bonchev–Trinajstić information content (AvgIpc) is 3.26. The molecule has 6 nitrogen and oxygen atoms in total. The number of alkyl halides is 3. The zero-order valence-corrected chi connectivity index (χ0v) is 14.3. The minimum Gasteiger partial charge on any atom is -0.347 e. The molecule has 1 aromatic carbocycles. The number of hydrogen-bond acceptors (Lipinski definition) is 3. The van der Waals surface area contributed by atoms with Gasteiger partial charge in [-0.15, -0.1) is 0 Å². The summed E-state index contributed by atoms with van der Waals surface area (Å²) < 4.78 is 37.8. The minimum absolute atomic E-state index is 0.0802. The summed E-state index contributed by atoms with van der Waals surface area (Å²) in [6.45, 7) is 0.827. The van der Waals surface area contributed by atoms with Crippen molar-refractivity contribution in [2.75, 3.05) is 13.1 Å². The lowest BCUT2D eigenvalue weighted by Gasteiger charge is -2.38. The first-order chi connectivity index (χ1) is 12.8. The number of carbonyl (C=O) groups excluding carboxylic acids is 3. The van der Waals surface area contributed by atoms with Crippen LogP contribution in [0.3, 0.4) is 0 Å². The van der Waals surface area contributed by atoms with E-state index in [4.69, 9.17) is 0 Å². The van der Waals surface area contributed by atoms with E-state index in [1.165, 1.54) is 4.90 Å². The van der Waals surface area contributed by atoms with Crippen LogP contribution in [0, 0.1) is 0 Å². The van der Waals surface area contributed by atoms with Gasteiger partial charge < -0.3 is 15.1 Å². The summed E-state index contributed by atoms with van der Waals surface area (Å²) in [5.74, 6) is -0.680. The third kappa shape index (κ3) is 3.04. The molecule has 9 heteroatoms. The predicted octanol–water partition coefficient (Wildman–Crippen LogP) is 1.41. The minimum atomic E-state index is -4.46. The summed E-state index contributed by atoms with van der Waals surface area (Å²) >= 11 is 0. The van der Waals surface area contributed by atoms with E-state index < -0.39 is 35.8 Å². The topological polar surface area (TPSA) is 69.7 Å². The molecule has 4 rings (SSSR count). The fourth-order valence-electron chi connectivity index (χ4n) is 4.17. The number of nitrogens with zero attached hydrogens (tertiary/aromatic N) is 2. The van der Waals surface area contributed by atoms with Gasteiger partial charge >= 0.3 is 6.18 Å². The van der Waals surface area contributed by atoms with Crippen LogP contribution in [0.25, 0.3) is 0 Å². The molecule has 1 aromatic rings. The van der Waals surface area contributed by atoms with E-state index in [-0.39, 0.29) is 23.9 Å². The van der Waals surface area contributed by atoms with Gasteiger partial charge in [-0.05, 0) is 43.5 Å². The van der Waals surface area contributed by atoms with Crippen LogP contribution in [-0.4, -0.2) is 58.7 Å². The Morgan fingerprint density at radius 3 is 2.37 bits per heavy atom. The number of piperazine rings is 1. The molecule has 0 spiro atoms. The van der Waals surface area contributed by atoms with Crippen molar-refractivity contribution < 1.29 is 27.6 Å². The summed E-state index contributed by atoms with van der Waals surface area (Å²) in [5, 5.41) is 2.73. The molecule has 0 saturated carbocycles. The molecule has 3 aliphatic rings. The first kappa shape index (κ1) is 17.8. The Labute approximate surface area is 153 Å². The lowest BCUT2D eigenvalue weighted by Crippen LogP contribution is -2.60. The van der Waals surface area contributed by atoms with Crippen molar-refractivity contribution in [3.8, 4) is 0 Å². The SMILES string of the molecule is O=C(N[C@H]1C[C@H]2C(=O)N3CCC[C@@H]3C(=O)N2C1)c1ccc(C(F)(F)F)cc1.